The quantitative estimate of drug-likeness (QED) is 0.151. The number of hydrogen-bond donors (Lipinski definition) is 2. The third kappa shape index (κ3) is 7.74. The molecule has 2 unspecified atom stereocenters. The molecular formula is C25H33FN3O9P. The Kier molecular flexibility index (Phi) is 10.4. The number of carbonyl (C=O) groups is 1. The van der Waals surface area contributed by atoms with Crippen molar-refractivity contribution in [3.63, 3.8) is 0 Å². The summed E-state index contributed by atoms with van der Waals surface area (Å²) in [4.78, 5) is 38.2. The molecular weight excluding hydrogens is 536 g/mol. The highest BCUT2D eigenvalue weighted by Crippen LogP contribution is 2.48. The molecule has 1 aromatic heterocycles. The zero-order valence-electron chi connectivity index (χ0n) is 21.9. The Morgan fingerprint density at radius 3 is 2.69 bits per heavy atom. The highest BCUT2D eigenvalue weighted by molar-refractivity contribution is 7.52. The minimum Gasteiger partial charge on any atom is -0.465 e. The lowest BCUT2D eigenvalue weighted by Gasteiger charge is -2.27. The van der Waals surface area contributed by atoms with Gasteiger partial charge in [-0.15, -0.1) is 6.58 Å². The number of alkyl halides is 1. The summed E-state index contributed by atoms with van der Waals surface area (Å²) >= 11 is 0. The van der Waals surface area contributed by atoms with Gasteiger partial charge >= 0.3 is 19.4 Å². The maximum absolute atomic E-state index is 15.9. The van der Waals surface area contributed by atoms with Crippen molar-refractivity contribution in [1.82, 2.24) is 14.6 Å². The first-order chi connectivity index (χ1) is 18.5. The molecule has 1 saturated heterocycles. The van der Waals surface area contributed by atoms with Gasteiger partial charge in [0.25, 0.3) is 5.56 Å². The molecule has 0 bridgehead atoms. The van der Waals surface area contributed by atoms with Crippen LogP contribution in [-0.4, -0.2) is 59.8 Å². The van der Waals surface area contributed by atoms with E-state index in [0.717, 1.165) is 16.8 Å². The number of para-hydroxylation sites is 1. The first-order valence-corrected chi connectivity index (χ1v) is 13.8. The molecule has 1 aliphatic heterocycles. The Morgan fingerprint density at radius 2 is 2.05 bits per heavy atom. The van der Waals surface area contributed by atoms with E-state index in [0.29, 0.717) is 12.8 Å². The van der Waals surface area contributed by atoms with Crippen LogP contribution in [0.15, 0.2) is 64.8 Å². The highest BCUT2D eigenvalue weighted by Gasteiger charge is 2.57. The van der Waals surface area contributed by atoms with Crippen LogP contribution < -0.4 is 20.9 Å². The van der Waals surface area contributed by atoms with Gasteiger partial charge < -0.3 is 18.7 Å². The first-order valence-electron chi connectivity index (χ1n) is 12.2. The number of nitrogens with zero attached hydrogens (tertiary/aromatic N) is 1. The number of rotatable bonds is 14. The second-order valence-electron chi connectivity index (χ2n) is 9.00. The number of carbonyl (C=O) groups excluding carboxylic acids is 1. The van der Waals surface area contributed by atoms with Gasteiger partial charge in [0.2, 0.25) is 0 Å². The summed E-state index contributed by atoms with van der Waals surface area (Å²) in [5.41, 5.74) is -3.80. The number of halogens is 1. The number of unbranched alkanes of at least 4 members (excludes halogenated alkanes) is 1. The number of methoxy groups -OCH3 is 1. The van der Waals surface area contributed by atoms with E-state index in [1.807, 2.05) is 4.98 Å². The summed E-state index contributed by atoms with van der Waals surface area (Å²) < 4.78 is 58.0. The fourth-order valence-corrected chi connectivity index (χ4v) is 5.53. The van der Waals surface area contributed by atoms with Crippen molar-refractivity contribution in [2.75, 3.05) is 20.3 Å². The monoisotopic (exact) mass is 569 g/mol. The topological polar surface area (TPSA) is 147 Å². The molecule has 0 spiro atoms. The number of aromatic amines is 1. The number of benzene rings is 1. The maximum atomic E-state index is 15.9. The number of H-pyrrole nitrogens is 1. The molecule has 0 radical (unpaired) electrons. The summed E-state index contributed by atoms with van der Waals surface area (Å²) in [7, 11) is -3.03. The fourth-order valence-electron chi connectivity index (χ4n) is 4.03. The minimum atomic E-state index is -4.28. The molecule has 14 heteroatoms. The molecule has 3 rings (SSSR count). The third-order valence-electron chi connectivity index (χ3n) is 5.92. The molecule has 2 N–H and O–H groups in total. The van der Waals surface area contributed by atoms with Crippen LogP contribution in [0.5, 0.6) is 5.75 Å². The van der Waals surface area contributed by atoms with E-state index < -0.39 is 61.7 Å². The highest BCUT2D eigenvalue weighted by atomic mass is 31.2. The van der Waals surface area contributed by atoms with Crippen molar-refractivity contribution in [2.45, 2.75) is 56.8 Å². The van der Waals surface area contributed by atoms with Crippen molar-refractivity contribution in [3.05, 3.63) is 76.1 Å². The molecule has 1 fully saturated rings. The molecule has 39 heavy (non-hydrogen) atoms. The van der Waals surface area contributed by atoms with Crippen molar-refractivity contribution < 1.29 is 37.0 Å². The van der Waals surface area contributed by atoms with E-state index in [1.54, 1.807) is 24.3 Å². The van der Waals surface area contributed by atoms with Crippen LogP contribution in [0.2, 0.25) is 0 Å². The van der Waals surface area contributed by atoms with Crippen LogP contribution in [0.1, 0.15) is 32.9 Å². The average Bonchev–Trinajstić information content (AvgIpc) is 3.14. The molecule has 1 aliphatic rings. The molecule has 2 aromatic rings. The van der Waals surface area contributed by atoms with E-state index in [4.69, 9.17) is 23.3 Å². The largest absolute Gasteiger partial charge is 0.465 e. The van der Waals surface area contributed by atoms with Crippen LogP contribution in [0.25, 0.3) is 0 Å². The molecule has 2 heterocycles. The molecule has 12 nitrogen and oxygen atoms in total. The summed E-state index contributed by atoms with van der Waals surface area (Å²) in [5, 5.41) is 2.55. The van der Waals surface area contributed by atoms with E-state index >= 15 is 4.39 Å². The van der Waals surface area contributed by atoms with Crippen LogP contribution in [0.4, 0.5) is 4.39 Å². The Balaban J connectivity index is 1.78. The summed E-state index contributed by atoms with van der Waals surface area (Å²) in [5.74, 6) is -0.496. The van der Waals surface area contributed by atoms with Gasteiger partial charge in [0, 0.05) is 19.4 Å². The van der Waals surface area contributed by atoms with E-state index in [-0.39, 0.29) is 12.4 Å². The Hall–Kier alpha value is -3.09. The zero-order valence-corrected chi connectivity index (χ0v) is 22.8. The van der Waals surface area contributed by atoms with Crippen LogP contribution >= 0.6 is 7.75 Å². The predicted molar refractivity (Wildman–Crippen MR) is 139 cm³/mol. The molecule has 214 valence electrons. The fraction of sp³-hybridized carbons (Fsp3) is 0.480. The average molecular weight is 570 g/mol. The zero-order chi connectivity index (χ0) is 28.6. The lowest BCUT2D eigenvalue weighted by atomic mass is 9.98. The Morgan fingerprint density at radius 1 is 1.33 bits per heavy atom. The summed E-state index contributed by atoms with van der Waals surface area (Å²) in [6, 6.07) is 8.07. The van der Waals surface area contributed by atoms with Crippen molar-refractivity contribution in [2.24, 2.45) is 0 Å². The number of allylic oxidation sites excluding steroid dienone is 1. The van der Waals surface area contributed by atoms with Gasteiger partial charge in [-0.05, 0) is 38.8 Å². The number of esters is 1. The van der Waals surface area contributed by atoms with Crippen LogP contribution in [-0.2, 0) is 28.1 Å². The van der Waals surface area contributed by atoms with Crippen LogP contribution in [0, 0.1) is 0 Å². The minimum absolute atomic E-state index is 0.146. The maximum Gasteiger partial charge on any atom is 0.459 e. The lowest BCUT2D eigenvalue weighted by Crippen LogP contribution is -2.44. The Labute approximate surface area is 224 Å². The summed E-state index contributed by atoms with van der Waals surface area (Å²) in [6.07, 6.45) is 0.123. The van der Waals surface area contributed by atoms with Gasteiger partial charge in [0.05, 0.1) is 13.2 Å². The molecule has 0 amide bonds. The first kappa shape index (κ1) is 30.5. The number of hydrogen-bond acceptors (Lipinski definition) is 9. The third-order valence-corrected chi connectivity index (χ3v) is 7.56. The van der Waals surface area contributed by atoms with Gasteiger partial charge in [-0.3, -0.25) is 23.7 Å². The predicted octanol–water partition coefficient (Wildman–Crippen LogP) is 2.87. The van der Waals surface area contributed by atoms with E-state index in [2.05, 4.69) is 11.7 Å². The van der Waals surface area contributed by atoms with Gasteiger partial charge in [0.1, 0.15) is 24.0 Å². The van der Waals surface area contributed by atoms with Crippen molar-refractivity contribution >= 4 is 13.7 Å². The number of ether oxygens (including phenoxy) is 3. The normalized spacial score (nSPS) is 25.0. The van der Waals surface area contributed by atoms with Gasteiger partial charge in [-0.1, -0.05) is 24.3 Å². The van der Waals surface area contributed by atoms with E-state index in [9.17, 15) is 18.9 Å². The Bertz CT molecular complexity index is 1280. The van der Waals surface area contributed by atoms with E-state index in [1.165, 1.54) is 33.1 Å². The van der Waals surface area contributed by atoms with Crippen LogP contribution in [0.3, 0.4) is 0 Å². The molecule has 6 atom stereocenters. The van der Waals surface area contributed by atoms with Gasteiger partial charge in [0.15, 0.2) is 11.9 Å². The lowest BCUT2D eigenvalue weighted by molar-refractivity contribution is -0.145. The second-order valence-corrected chi connectivity index (χ2v) is 10.7. The second kappa shape index (κ2) is 13.3. The molecule has 0 aliphatic carbocycles. The standard InChI is InChI=1S/C25H33FN3O9P/c1-5-6-10-15-35-22(31)17(2)28-39(33,38-18-11-8-7-9-12-18)36-16-19-21(34-4)25(3,26)23(37-19)29-14-13-20(30)27-24(29)32/h5,7-9,11-14,17,19,21,23H,1,6,10,15-16H2,2-4H3,(H,28,33)(H,27,30,32)/t17-,19?,21+,23?,25+,39-/m0/s1. The van der Waals surface area contributed by atoms with Crippen molar-refractivity contribution in [1.29, 1.82) is 0 Å². The van der Waals surface area contributed by atoms with Gasteiger partial charge in [-0.25, -0.2) is 13.8 Å². The number of aromatic nitrogens is 2. The smallest absolute Gasteiger partial charge is 0.459 e. The number of nitrogens with one attached hydrogen (secondary N) is 2. The SMILES string of the molecule is C=CCCCOC(=O)[C@H](C)N[P@](=O)(OCC1OC(n2ccc(=O)[nH]c2=O)[C@](C)(F)[C@@H]1OC)Oc1ccccc1. The summed E-state index contributed by atoms with van der Waals surface area (Å²) in [6.45, 7) is 5.85. The molecule has 0 saturated carbocycles. The molecule has 1 aromatic carbocycles. The van der Waals surface area contributed by atoms with Crippen molar-refractivity contribution in [3.8, 4) is 5.75 Å². The van der Waals surface area contributed by atoms with Gasteiger partial charge in [-0.2, -0.15) is 5.09 Å².